The number of fused-ring (bicyclic) bond motifs is 1. The average molecular weight is 417 g/mol. The first kappa shape index (κ1) is 20.1. The summed E-state index contributed by atoms with van der Waals surface area (Å²) in [6.45, 7) is -0.124. The van der Waals surface area contributed by atoms with Gasteiger partial charge in [-0.1, -0.05) is 0 Å². The molecule has 0 bridgehead atoms. The number of anilines is 1. The van der Waals surface area contributed by atoms with Crippen LogP contribution in [-0.2, 0) is 11.2 Å². The first-order chi connectivity index (χ1) is 15.0. The van der Waals surface area contributed by atoms with E-state index in [-0.39, 0.29) is 18.2 Å². The van der Waals surface area contributed by atoms with Gasteiger partial charge >= 0.3 is 0 Å². The molecule has 0 radical (unpaired) electrons. The van der Waals surface area contributed by atoms with Crippen LogP contribution in [0.2, 0.25) is 0 Å². The maximum atomic E-state index is 12.1. The van der Waals surface area contributed by atoms with E-state index in [1.165, 1.54) is 12.1 Å². The molecule has 4 rings (SSSR count). The molecule has 1 aliphatic rings. The van der Waals surface area contributed by atoms with Crippen LogP contribution in [0.5, 0.6) is 11.5 Å². The largest absolute Gasteiger partial charge is 0.497 e. The topological polar surface area (TPSA) is 103 Å². The maximum absolute atomic E-state index is 12.1. The molecule has 1 N–H and O–H groups in total. The van der Waals surface area contributed by atoms with Crippen LogP contribution in [-0.4, -0.2) is 30.3 Å². The molecule has 3 aromatic carbocycles. The summed E-state index contributed by atoms with van der Waals surface area (Å²) in [4.78, 5) is 27.1. The molecule has 0 saturated carbocycles. The van der Waals surface area contributed by atoms with Crippen LogP contribution in [0, 0.1) is 10.1 Å². The Morgan fingerprint density at radius 2 is 1.77 bits per heavy atom. The number of aliphatic imine (C=N–C) groups is 1. The van der Waals surface area contributed by atoms with Crippen molar-refractivity contribution in [3.05, 3.63) is 88.0 Å². The number of rotatable bonds is 7. The minimum Gasteiger partial charge on any atom is -0.497 e. The van der Waals surface area contributed by atoms with Gasteiger partial charge in [0.15, 0.2) is 6.61 Å². The Morgan fingerprint density at radius 1 is 1.06 bits per heavy atom. The summed E-state index contributed by atoms with van der Waals surface area (Å²) in [7, 11) is 1.58. The zero-order valence-electron chi connectivity index (χ0n) is 16.7. The molecule has 1 amide bonds. The molecule has 8 heteroatoms. The van der Waals surface area contributed by atoms with E-state index in [0.717, 1.165) is 16.8 Å². The fraction of sp³-hybridized carbons (Fsp3) is 0.130. The number of hydrogen-bond donors (Lipinski definition) is 1. The number of nitro benzene ring substituents is 1. The molecular formula is C23H19N3O5. The number of ether oxygens (including phenoxy) is 2. The fourth-order valence-electron chi connectivity index (χ4n) is 3.22. The van der Waals surface area contributed by atoms with Crippen LogP contribution >= 0.6 is 0 Å². The lowest BCUT2D eigenvalue weighted by atomic mass is 10.0. The molecule has 31 heavy (non-hydrogen) atoms. The Bertz CT molecular complexity index is 1150. The molecule has 8 nitrogen and oxygen atoms in total. The molecule has 0 aliphatic carbocycles. The number of amides is 1. The van der Waals surface area contributed by atoms with E-state index in [1.807, 2.05) is 12.1 Å². The summed E-state index contributed by atoms with van der Waals surface area (Å²) >= 11 is 0. The molecule has 0 unspecified atom stereocenters. The maximum Gasteiger partial charge on any atom is 0.271 e. The van der Waals surface area contributed by atoms with Crippen LogP contribution in [0.3, 0.4) is 0 Å². The Hall–Kier alpha value is -4.20. The molecule has 0 atom stereocenters. The fourth-order valence-corrected chi connectivity index (χ4v) is 3.22. The van der Waals surface area contributed by atoms with Gasteiger partial charge < -0.3 is 14.8 Å². The minimum absolute atomic E-state index is 0.0282. The smallest absolute Gasteiger partial charge is 0.271 e. The lowest BCUT2D eigenvalue weighted by molar-refractivity contribution is -0.384. The highest BCUT2D eigenvalue weighted by molar-refractivity contribution is 6.06. The highest BCUT2D eigenvalue weighted by Crippen LogP contribution is 2.32. The molecule has 156 valence electrons. The Morgan fingerprint density at radius 3 is 2.45 bits per heavy atom. The first-order valence-corrected chi connectivity index (χ1v) is 9.54. The summed E-state index contributed by atoms with van der Waals surface area (Å²) < 4.78 is 10.6. The number of benzene rings is 3. The number of nitrogens with zero attached hydrogens (tertiary/aromatic N) is 2. The van der Waals surface area contributed by atoms with Gasteiger partial charge in [-0.15, -0.1) is 0 Å². The van der Waals surface area contributed by atoms with Crippen molar-refractivity contribution in [2.75, 3.05) is 19.0 Å². The zero-order valence-corrected chi connectivity index (χ0v) is 16.7. The van der Waals surface area contributed by atoms with Crippen molar-refractivity contribution in [2.45, 2.75) is 6.42 Å². The number of nitrogens with one attached hydrogen (secondary N) is 1. The number of hydrogen-bond acceptors (Lipinski definition) is 6. The van der Waals surface area contributed by atoms with E-state index in [9.17, 15) is 14.9 Å². The standard InChI is InChI=1S/C23H19N3O5/c1-30-19-10-5-17(6-11-19)24-23(27)14-31-20-8-3-15(4-9-20)21-12-16-2-7-18(26(28)29)13-22(16)25-21/h2-11,13H,12,14H2,1H3,(H,24,27). The molecule has 0 spiro atoms. The van der Waals surface area contributed by atoms with Crippen molar-refractivity contribution < 1.29 is 19.2 Å². The van der Waals surface area contributed by atoms with Crippen molar-refractivity contribution in [3.8, 4) is 11.5 Å². The van der Waals surface area contributed by atoms with E-state index in [0.29, 0.717) is 29.3 Å². The third-order valence-electron chi connectivity index (χ3n) is 4.82. The van der Waals surface area contributed by atoms with E-state index in [4.69, 9.17) is 9.47 Å². The van der Waals surface area contributed by atoms with Crippen LogP contribution in [0.1, 0.15) is 11.1 Å². The summed E-state index contributed by atoms with van der Waals surface area (Å²) in [6.07, 6.45) is 0.609. The van der Waals surface area contributed by atoms with Gasteiger partial charge in [0, 0.05) is 24.2 Å². The number of nitro groups is 1. The van der Waals surface area contributed by atoms with Gasteiger partial charge in [0.1, 0.15) is 11.5 Å². The van der Waals surface area contributed by atoms with Crippen molar-refractivity contribution in [3.63, 3.8) is 0 Å². The zero-order chi connectivity index (χ0) is 21.8. The van der Waals surface area contributed by atoms with Gasteiger partial charge in [-0.3, -0.25) is 19.9 Å². The SMILES string of the molecule is COc1ccc(NC(=O)COc2ccc(C3=Nc4cc([N+](=O)[O-])ccc4C3)cc2)cc1. The molecule has 0 saturated heterocycles. The van der Waals surface area contributed by atoms with E-state index < -0.39 is 4.92 Å². The Labute approximate surface area is 178 Å². The van der Waals surface area contributed by atoms with Crippen LogP contribution < -0.4 is 14.8 Å². The summed E-state index contributed by atoms with van der Waals surface area (Å²) in [5.41, 5.74) is 3.99. The summed E-state index contributed by atoms with van der Waals surface area (Å²) in [5.74, 6) is 0.995. The van der Waals surface area contributed by atoms with Crippen molar-refractivity contribution in [2.24, 2.45) is 4.99 Å². The molecule has 1 aliphatic heterocycles. The average Bonchev–Trinajstić information content (AvgIpc) is 3.22. The lowest BCUT2D eigenvalue weighted by Gasteiger charge is -2.09. The molecular weight excluding hydrogens is 398 g/mol. The van der Waals surface area contributed by atoms with Crippen LogP contribution in [0.4, 0.5) is 17.1 Å². The van der Waals surface area contributed by atoms with Gasteiger partial charge in [0.2, 0.25) is 0 Å². The van der Waals surface area contributed by atoms with Gasteiger partial charge in [0.25, 0.3) is 11.6 Å². The van der Waals surface area contributed by atoms with Gasteiger partial charge in [-0.25, -0.2) is 0 Å². The highest BCUT2D eigenvalue weighted by Gasteiger charge is 2.19. The van der Waals surface area contributed by atoms with Crippen molar-refractivity contribution in [1.29, 1.82) is 0 Å². The van der Waals surface area contributed by atoms with Gasteiger partial charge in [-0.05, 0) is 65.7 Å². The van der Waals surface area contributed by atoms with Crippen molar-refractivity contribution in [1.82, 2.24) is 0 Å². The molecule has 3 aromatic rings. The quantitative estimate of drug-likeness (QED) is 0.456. The summed E-state index contributed by atoms with van der Waals surface area (Å²) in [6, 6.07) is 19.0. The summed E-state index contributed by atoms with van der Waals surface area (Å²) in [5, 5.41) is 13.7. The third kappa shape index (κ3) is 4.69. The second kappa shape index (κ2) is 8.66. The van der Waals surface area contributed by atoms with Gasteiger partial charge in [0.05, 0.1) is 23.4 Å². The van der Waals surface area contributed by atoms with Crippen LogP contribution in [0.25, 0.3) is 0 Å². The number of carbonyl (C=O) groups excluding carboxylic acids is 1. The minimum atomic E-state index is -0.426. The molecule has 0 aromatic heterocycles. The Kier molecular flexibility index (Phi) is 5.61. The van der Waals surface area contributed by atoms with E-state index in [1.54, 1.807) is 49.6 Å². The highest BCUT2D eigenvalue weighted by atomic mass is 16.6. The Balaban J connectivity index is 1.34. The number of non-ortho nitro benzene ring substituents is 1. The monoisotopic (exact) mass is 417 g/mol. The van der Waals surface area contributed by atoms with E-state index >= 15 is 0 Å². The van der Waals surface area contributed by atoms with Crippen molar-refractivity contribution >= 4 is 28.7 Å². The normalized spacial score (nSPS) is 12.0. The second-order valence-electron chi connectivity index (χ2n) is 6.90. The molecule has 1 heterocycles. The third-order valence-corrected chi connectivity index (χ3v) is 4.82. The number of methoxy groups -OCH3 is 1. The predicted octanol–water partition coefficient (Wildman–Crippen LogP) is 4.30. The number of carbonyl (C=O) groups is 1. The van der Waals surface area contributed by atoms with E-state index in [2.05, 4.69) is 10.3 Å². The molecule has 0 fully saturated rings. The first-order valence-electron chi connectivity index (χ1n) is 9.54. The van der Waals surface area contributed by atoms with Crippen LogP contribution in [0.15, 0.2) is 71.7 Å². The second-order valence-corrected chi connectivity index (χ2v) is 6.90. The van der Waals surface area contributed by atoms with Gasteiger partial charge in [-0.2, -0.15) is 0 Å². The predicted molar refractivity (Wildman–Crippen MR) is 117 cm³/mol. The lowest BCUT2D eigenvalue weighted by Crippen LogP contribution is -2.20.